The molecule has 2 aromatic carbocycles. The molecule has 0 bridgehead atoms. The maximum atomic E-state index is 14.8. The van der Waals surface area contributed by atoms with E-state index < -0.39 is 46.5 Å². The first-order chi connectivity index (χ1) is 16.1. The third-order valence-electron chi connectivity index (χ3n) is 7.12. The molecule has 0 aromatic heterocycles. The molecular weight excluding hydrogens is 461 g/mol. The van der Waals surface area contributed by atoms with Gasteiger partial charge in [-0.15, -0.1) is 0 Å². The fourth-order valence-corrected chi connectivity index (χ4v) is 5.10. The Kier molecular flexibility index (Phi) is 6.97. The summed E-state index contributed by atoms with van der Waals surface area (Å²) in [4.78, 5) is 0. The maximum absolute atomic E-state index is 14.8. The van der Waals surface area contributed by atoms with Crippen LogP contribution in [0, 0.1) is 46.8 Å². The van der Waals surface area contributed by atoms with Gasteiger partial charge in [0.2, 0.25) is 0 Å². The topological polar surface area (TPSA) is 9.23 Å². The van der Waals surface area contributed by atoms with E-state index in [4.69, 9.17) is 0 Å². The minimum atomic E-state index is -4.45. The molecule has 0 aliphatic heterocycles. The third-order valence-corrected chi connectivity index (χ3v) is 7.12. The van der Waals surface area contributed by atoms with Crippen molar-refractivity contribution < 1.29 is 35.5 Å². The zero-order chi connectivity index (χ0) is 24.6. The predicted molar refractivity (Wildman–Crippen MR) is 114 cm³/mol. The molecule has 0 heterocycles. The molecule has 184 valence electrons. The Labute approximate surface area is 193 Å². The van der Waals surface area contributed by atoms with Gasteiger partial charge in [0, 0.05) is 17.7 Å². The lowest BCUT2D eigenvalue weighted by Gasteiger charge is -2.34. The van der Waals surface area contributed by atoms with Crippen molar-refractivity contribution in [1.82, 2.24) is 0 Å². The standard InChI is InChI=1S/C26H25F7O/c1-14-2-4-15(5-3-14)16-6-8-17(9-7-16)19-10-11-20(24(30)23(19)29)26(32,33)34-18-12-21(27)25(31)22(28)13-18/h8,10-16H,2-7,9H2,1H3. The molecule has 34 heavy (non-hydrogen) atoms. The highest BCUT2D eigenvalue weighted by Crippen LogP contribution is 2.42. The molecule has 1 fully saturated rings. The Bertz CT molecular complexity index is 1060. The number of hydrogen-bond acceptors (Lipinski definition) is 1. The largest absolute Gasteiger partial charge is 0.429 e. The van der Waals surface area contributed by atoms with Crippen molar-refractivity contribution in [3.05, 3.63) is 70.6 Å². The molecule has 1 atom stereocenters. The zero-order valence-electron chi connectivity index (χ0n) is 18.6. The second-order valence-corrected chi connectivity index (χ2v) is 9.39. The summed E-state index contributed by atoms with van der Waals surface area (Å²) >= 11 is 0. The lowest BCUT2D eigenvalue weighted by Crippen LogP contribution is -2.25. The zero-order valence-corrected chi connectivity index (χ0v) is 18.6. The summed E-state index contributed by atoms with van der Waals surface area (Å²) in [6.07, 6.45) is 4.24. The van der Waals surface area contributed by atoms with Crippen LogP contribution in [-0.2, 0) is 6.11 Å². The van der Waals surface area contributed by atoms with Gasteiger partial charge in [0.25, 0.3) is 0 Å². The molecule has 1 nitrogen and oxygen atoms in total. The van der Waals surface area contributed by atoms with E-state index in [0.29, 0.717) is 29.9 Å². The van der Waals surface area contributed by atoms with Crippen molar-refractivity contribution >= 4 is 5.57 Å². The van der Waals surface area contributed by atoms with E-state index >= 15 is 0 Å². The van der Waals surface area contributed by atoms with Crippen molar-refractivity contribution in [2.75, 3.05) is 0 Å². The molecule has 2 aliphatic carbocycles. The lowest BCUT2D eigenvalue weighted by atomic mass is 9.71. The quantitative estimate of drug-likeness (QED) is 0.304. The number of alkyl halides is 2. The van der Waals surface area contributed by atoms with Crippen LogP contribution in [0.4, 0.5) is 30.7 Å². The van der Waals surface area contributed by atoms with E-state index in [2.05, 4.69) is 11.7 Å². The fraction of sp³-hybridized carbons (Fsp3) is 0.462. The summed E-state index contributed by atoms with van der Waals surface area (Å²) < 4.78 is 102. The van der Waals surface area contributed by atoms with Crippen molar-refractivity contribution in [2.45, 2.75) is 58.0 Å². The van der Waals surface area contributed by atoms with Crippen LogP contribution in [0.25, 0.3) is 5.57 Å². The van der Waals surface area contributed by atoms with Crippen LogP contribution in [0.5, 0.6) is 5.75 Å². The third kappa shape index (κ3) is 4.96. The minimum absolute atomic E-state index is 0.0911. The molecular formula is C26H25F7O. The number of allylic oxidation sites excluding steroid dienone is 2. The smallest absolute Gasteiger partial charge is 0.429 e. The highest BCUT2D eigenvalue weighted by Gasteiger charge is 2.40. The van der Waals surface area contributed by atoms with Crippen LogP contribution in [-0.4, -0.2) is 0 Å². The SMILES string of the molecule is CC1CCC(C2CC=C(c3ccc(C(F)(F)Oc4cc(F)c(F)c(F)c4)c(F)c3F)CC2)CC1. The van der Waals surface area contributed by atoms with E-state index in [1.165, 1.54) is 25.7 Å². The summed E-state index contributed by atoms with van der Waals surface area (Å²) in [6.45, 7) is 2.25. The Hall–Kier alpha value is -2.51. The molecule has 0 saturated heterocycles. The monoisotopic (exact) mass is 486 g/mol. The van der Waals surface area contributed by atoms with Gasteiger partial charge in [-0.25, -0.2) is 22.0 Å². The maximum Gasteiger partial charge on any atom is 0.429 e. The number of rotatable bonds is 5. The first kappa shape index (κ1) is 24.6. The van der Waals surface area contributed by atoms with E-state index in [0.717, 1.165) is 24.8 Å². The number of benzene rings is 2. The first-order valence-electron chi connectivity index (χ1n) is 11.5. The molecule has 0 amide bonds. The highest BCUT2D eigenvalue weighted by molar-refractivity contribution is 5.67. The molecule has 1 saturated carbocycles. The van der Waals surface area contributed by atoms with Gasteiger partial charge >= 0.3 is 6.11 Å². The Morgan fingerprint density at radius 2 is 1.44 bits per heavy atom. The van der Waals surface area contributed by atoms with Crippen molar-refractivity contribution in [1.29, 1.82) is 0 Å². The number of halogens is 7. The minimum Gasteiger partial charge on any atom is -0.429 e. The summed E-state index contributed by atoms with van der Waals surface area (Å²) in [6, 6.07) is 2.15. The average Bonchev–Trinajstić information content (AvgIpc) is 2.79. The first-order valence-corrected chi connectivity index (χ1v) is 11.5. The number of hydrogen-bond donors (Lipinski definition) is 0. The fourth-order valence-electron chi connectivity index (χ4n) is 5.10. The molecule has 0 radical (unpaired) electrons. The predicted octanol–water partition coefficient (Wildman–Crippen LogP) is 8.52. The van der Waals surface area contributed by atoms with Gasteiger partial charge in [0.05, 0.1) is 0 Å². The van der Waals surface area contributed by atoms with Crippen molar-refractivity contribution in [3.63, 3.8) is 0 Å². The summed E-state index contributed by atoms with van der Waals surface area (Å²) in [5, 5.41) is 0. The van der Waals surface area contributed by atoms with E-state index in [9.17, 15) is 30.7 Å². The molecule has 0 spiro atoms. The summed E-state index contributed by atoms with van der Waals surface area (Å²) in [5.41, 5.74) is -0.952. The molecule has 4 rings (SSSR count). The van der Waals surface area contributed by atoms with Crippen LogP contribution in [0.3, 0.4) is 0 Å². The summed E-state index contributed by atoms with van der Waals surface area (Å²) in [7, 11) is 0. The summed E-state index contributed by atoms with van der Waals surface area (Å²) in [5.74, 6) is -7.83. The van der Waals surface area contributed by atoms with Gasteiger partial charge < -0.3 is 4.74 Å². The second kappa shape index (κ2) is 9.62. The Morgan fingerprint density at radius 1 is 0.794 bits per heavy atom. The van der Waals surface area contributed by atoms with Gasteiger partial charge in [-0.05, 0) is 61.5 Å². The molecule has 1 unspecified atom stereocenters. The Balaban J connectivity index is 1.52. The normalized spacial score (nSPS) is 23.5. The molecule has 2 aliphatic rings. The van der Waals surface area contributed by atoms with E-state index in [1.807, 2.05) is 6.08 Å². The van der Waals surface area contributed by atoms with Crippen LogP contribution in [0.15, 0.2) is 30.3 Å². The van der Waals surface area contributed by atoms with Crippen LogP contribution < -0.4 is 4.74 Å². The van der Waals surface area contributed by atoms with Crippen LogP contribution >= 0.6 is 0 Å². The number of ether oxygens (including phenoxy) is 1. The second-order valence-electron chi connectivity index (χ2n) is 9.39. The van der Waals surface area contributed by atoms with Gasteiger partial charge in [-0.2, -0.15) is 8.78 Å². The van der Waals surface area contributed by atoms with Gasteiger partial charge in [0.1, 0.15) is 11.3 Å². The molecule has 0 N–H and O–H groups in total. The van der Waals surface area contributed by atoms with Crippen molar-refractivity contribution in [3.8, 4) is 5.75 Å². The highest BCUT2D eigenvalue weighted by atomic mass is 19.3. The van der Waals surface area contributed by atoms with Crippen molar-refractivity contribution in [2.24, 2.45) is 17.8 Å². The van der Waals surface area contributed by atoms with E-state index in [-0.39, 0.29) is 17.7 Å². The average molecular weight is 486 g/mol. The van der Waals surface area contributed by atoms with E-state index in [1.54, 1.807) is 0 Å². The van der Waals surface area contributed by atoms with Crippen LogP contribution in [0.1, 0.15) is 63.0 Å². The van der Waals surface area contributed by atoms with Gasteiger partial charge in [0.15, 0.2) is 29.1 Å². The lowest BCUT2D eigenvalue weighted by molar-refractivity contribution is -0.188. The Morgan fingerprint density at radius 3 is 2.03 bits per heavy atom. The molecule has 2 aromatic rings. The van der Waals surface area contributed by atoms with Gasteiger partial charge in [-0.3, -0.25) is 0 Å². The molecule has 8 heteroatoms. The van der Waals surface area contributed by atoms with Gasteiger partial charge in [-0.1, -0.05) is 31.9 Å². The van der Waals surface area contributed by atoms with Crippen LogP contribution in [0.2, 0.25) is 0 Å².